The molecule has 0 unspecified atom stereocenters. The summed E-state index contributed by atoms with van der Waals surface area (Å²) in [6.07, 6.45) is -1.01. The normalized spacial score (nSPS) is 11.4. The lowest BCUT2D eigenvalue weighted by Gasteiger charge is -2.17. The average Bonchev–Trinajstić information content (AvgIpc) is 2.72. The van der Waals surface area contributed by atoms with E-state index < -0.39 is 12.1 Å². The molecule has 3 aromatic rings. The molecular weight excluding hydrogens is 328 g/mol. The van der Waals surface area contributed by atoms with Crippen molar-refractivity contribution in [1.82, 2.24) is 0 Å². The van der Waals surface area contributed by atoms with E-state index >= 15 is 0 Å². The number of hydrogen-bond donors (Lipinski definition) is 0. The minimum absolute atomic E-state index is 0.265. The van der Waals surface area contributed by atoms with E-state index in [0.29, 0.717) is 22.4 Å². The molecule has 0 radical (unpaired) electrons. The van der Waals surface area contributed by atoms with Gasteiger partial charge in [-0.25, -0.2) is 4.79 Å². The summed E-state index contributed by atoms with van der Waals surface area (Å²) in [4.78, 5) is 25.5. The van der Waals surface area contributed by atoms with Crippen LogP contribution in [0, 0.1) is 0 Å². The lowest BCUT2D eigenvalue weighted by atomic mass is 10.00. The first kappa shape index (κ1) is 17.4. The van der Waals surface area contributed by atoms with Crippen LogP contribution >= 0.6 is 0 Å². The largest absolute Gasteiger partial charge is 0.497 e. The van der Waals surface area contributed by atoms with Gasteiger partial charge in [-0.15, -0.1) is 0 Å². The molecule has 0 saturated carbocycles. The fourth-order valence-corrected chi connectivity index (χ4v) is 2.56. The highest BCUT2D eigenvalue weighted by Crippen LogP contribution is 2.24. The van der Waals surface area contributed by atoms with E-state index in [0.717, 1.165) is 0 Å². The Labute approximate surface area is 152 Å². The van der Waals surface area contributed by atoms with E-state index in [-0.39, 0.29) is 5.78 Å². The molecule has 0 aliphatic carbocycles. The third-order valence-electron chi connectivity index (χ3n) is 3.95. The molecule has 3 aromatic carbocycles. The van der Waals surface area contributed by atoms with Crippen LogP contribution < -0.4 is 4.74 Å². The van der Waals surface area contributed by atoms with Crippen molar-refractivity contribution in [3.8, 4) is 5.75 Å². The van der Waals surface area contributed by atoms with Gasteiger partial charge in [0, 0.05) is 11.1 Å². The van der Waals surface area contributed by atoms with Gasteiger partial charge in [-0.1, -0.05) is 60.7 Å². The van der Waals surface area contributed by atoms with Gasteiger partial charge in [0.2, 0.25) is 5.78 Å². The Kier molecular flexibility index (Phi) is 5.44. The van der Waals surface area contributed by atoms with Gasteiger partial charge in [-0.05, 0) is 24.3 Å². The molecular formula is C22H18O4. The van der Waals surface area contributed by atoms with Gasteiger partial charge >= 0.3 is 5.97 Å². The Balaban J connectivity index is 1.88. The van der Waals surface area contributed by atoms with Crippen LogP contribution in [0.25, 0.3) is 0 Å². The number of methoxy groups -OCH3 is 1. The summed E-state index contributed by atoms with van der Waals surface area (Å²) in [7, 11) is 1.55. The molecule has 0 aromatic heterocycles. The molecule has 1 atom stereocenters. The molecule has 0 fully saturated rings. The number of ether oxygens (including phenoxy) is 2. The zero-order valence-electron chi connectivity index (χ0n) is 14.3. The van der Waals surface area contributed by atoms with Gasteiger partial charge in [0.15, 0.2) is 6.10 Å². The molecule has 0 aliphatic heterocycles. The molecule has 0 amide bonds. The summed E-state index contributed by atoms with van der Waals surface area (Å²) in [5.41, 5.74) is 1.47. The first-order chi connectivity index (χ1) is 12.7. The predicted molar refractivity (Wildman–Crippen MR) is 98.4 cm³/mol. The van der Waals surface area contributed by atoms with Crippen LogP contribution in [0.4, 0.5) is 0 Å². The Bertz CT molecular complexity index is 871. The number of benzene rings is 3. The van der Waals surface area contributed by atoms with Crippen LogP contribution in [0.3, 0.4) is 0 Å². The quantitative estimate of drug-likeness (QED) is 0.488. The molecule has 3 rings (SSSR count). The standard InChI is InChI=1S/C22H18O4/c1-25-19-14-12-18(13-15-19)22(24)26-21(17-10-6-3-7-11-17)20(23)16-8-4-2-5-9-16/h2-15,21H,1H3/t21-/m0/s1. The Morgan fingerprint density at radius 2 is 1.31 bits per heavy atom. The monoisotopic (exact) mass is 346 g/mol. The van der Waals surface area contributed by atoms with Crippen LogP contribution in [0.2, 0.25) is 0 Å². The van der Waals surface area contributed by atoms with Crippen molar-refractivity contribution in [3.05, 3.63) is 102 Å². The van der Waals surface area contributed by atoms with E-state index in [1.54, 1.807) is 67.8 Å². The van der Waals surface area contributed by atoms with Crippen molar-refractivity contribution >= 4 is 11.8 Å². The van der Waals surface area contributed by atoms with Crippen LogP contribution in [0.5, 0.6) is 5.75 Å². The Morgan fingerprint density at radius 1 is 0.731 bits per heavy atom. The highest BCUT2D eigenvalue weighted by atomic mass is 16.5. The van der Waals surface area contributed by atoms with Gasteiger partial charge < -0.3 is 9.47 Å². The molecule has 4 nitrogen and oxygen atoms in total. The highest BCUT2D eigenvalue weighted by Gasteiger charge is 2.26. The number of rotatable bonds is 6. The average molecular weight is 346 g/mol. The van der Waals surface area contributed by atoms with Crippen molar-refractivity contribution < 1.29 is 19.1 Å². The second kappa shape index (κ2) is 8.12. The first-order valence-corrected chi connectivity index (χ1v) is 8.18. The lowest BCUT2D eigenvalue weighted by molar-refractivity contribution is 0.0280. The van der Waals surface area contributed by atoms with Crippen LogP contribution in [-0.2, 0) is 4.74 Å². The number of carbonyl (C=O) groups excluding carboxylic acids is 2. The first-order valence-electron chi connectivity index (χ1n) is 8.18. The summed E-state index contributed by atoms with van der Waals surface area (Å²) in [6, 6.07) is 24.4. The maximum Gasteiger partial charge on any atom is 0.339 e. The second-order valence-electron chi connectivity index (χ2n) is 5.65. The summed E-state index contributed by atoms with van der Waals surface area (Å²) < 4.78 is 10.7. The summed E-state index contributed by atoms with van der Waals surface area (Å²) in [5, 5.41) is 0. The smallest absolute Gasteiger partial charge is 0.339 e. The maximum absolute atomic E-state index is 12.9. The number of carbonyl (C=O) groups is 2. The van der Waals surface area contributed by atoms with Crippen molar-refractivity contribution in [2.75, 3.05) is 7.11 Å². The molecule has 0 heterocycles. The molecule has 0 spiro atoms. The molecule has 26 heavy (non-hydrogen) atoms. The van der Waals surface area contributed by atoms with Crippen molar-refractivity contribution in [2.24, 2.45) is 0 Å². The molecule has 130 valence electrons. The van der Waals surface area contributed by atoms with Crippen LogP contribution in [0.15, 0.2) is 84.9 Å². The van der Waals surface area contributed by atoms with E-state index in [4.69, 9.17) is 9.47 Å². The zero-order valence-corrected chi connectivity index (χ0v) is 14.3. The zero-order chi connectivity index (χ0) is 18.4. The minimum Gasteiger partial charge on any atom is -0.497 e. The van der Waals surface area contributed by atoms with Crippen molar-refractivity contribution in [2.45, 2.75) is 6.10 Å². The third kappa shape index (κ3) is 3.98. The molecule has 0 N–H and O–H groups in total. The van der Waals surface area contributed by atoms with Crippen LogP contribution in [0.1, 0.15) is 32.4 Å². The van der Waals surface area contributed by atoms with E-state index in [9.17, 15) is 9.59 Å². The van der Waals surface area contributed by atoms with Gasteiger partial charge in [-0.3, -0.25) is 4.79 Å². The number of esters is 1. The molecule has 0 aliphatic rings. The Morgan fingerprint density at radius 3 is 1.88 bits per heavy atom. The van der Waals surface area contributed by atoms with E-state index in [1.807, 2.05) is 24.3 Å². The van der Waals surface area contributed by atoms with Crippen molar-refractivity contribution in [3.63, 3.8) is 0 Å². The third-order valence-corrected chi connectivity index (χ3v) is 3.95. The fraction of sp³-hybridized carbons (Fsp3) is 0.0909. The minimum atomic E-state index is -1.01. The molecule has 0 bridgehead atoms. The number of ketones is 1. The predicted octanol–water partition coefficient (Wildman–Crippen LogP) is 4.48. The lowest BCUT2D eigenvalue weighted by Crippen LogP contribution is -2.20. The fourth-order valence-electron chi connectivity index (χ4n) is 2.56. The number of Topliss-reactive ketones (excluding diaryl/α,β-unsaturated/α-hetero) is 1. The summed E-state index contributed by atoms with van der Waals surface area (Å²) in [6.45, 7) is 0. The topological polar surface area (TPSA) is 52.6 Å². The van der Waals surface area contributed by atoms with E-state index in [2.05, 4.69) is 0 Å². The van der Waals surface area contributed by atoms with Gasteiger partial charge in [0.05, 0.1) is 12.7 Å². The molecule has 0 saturated heterocycles. The van der Waals surface area contributed by atoms with Crippen molar-refractivity contribution in [1.29, 1.82) is 0 Å². The van der Waals surface area contributed by atoms with Crippen LogP contribution in [-0.4, -0.2) is 18.9 Å². The number of hydrogen-bond acceptors (Lipinski definition) is 4. The molecule has 4 heteroatoms. The van der Waals surface area contributed by atoms with E-state index in [1.165, 1.54) is 0 Å². The van der Waals surface area contributed by atoms with Gasteiger partial charge in [-0.2, -0.15) is 0 Å². The maximum atomic E-state index is 12.9. The Hall–Kier alpha value is -3.40. The summed E-state index contributed by atoms with van der Waals surface area (Å²) >= 11 is 0. The second-order valence-corrected chi connectivity index (χ2v) is 5.65. The van der Waals surface area contributed by atoms with Gasteiger partial charge in [0.1, 0.15) is 5.75 Å². The van der Waals surface area contributed by atoms with Gasteiger partial charge in [0.25, 0.3) is 0 Å². The highest BCUT2D eigenvalue weighted by molar-refractivity contribution is 6.02. The SMILES string of the molecule is COc1ccc(C(=O)O[C@H](C(=O)c2ccccc2)c2ccccc2)cc1. The summed E-state index contributed by atoms with van der Waals surface area (Å²) in [5.74, 6) is -0.189.